The summed E-state index contributed by atoms with van der Waals surface area (Å²) in [7, 11) is 0. The molecule has 2 N–H and O–H groups in total. The van der Waals surface area contributed by atoms with E-state index in [2.05, 4.69) is 10.9 Å². The molecule has 0 aliphatic carbocycles. The molecule has 33 heavy (non-hydrogen) atoms. The molecule has 1 aliphatic heterocycles. The minimum Gasteiger partial charge on any atom is -0.366 e. The number of rotatable bonds is 5. The number of carbonyl (C=O) groups excluding carboxylic acids is 2. The van der Waals surface area contributed by atoms with Crippen LogP contribution in [0.5, 0.6) is 0 Å². The first-order valence-electron chi connectivity index (χ1n) is 9.98. The highest BCUT2D eigenvalue weighted by atomic mass is 35.5. The van der Waals surface area contributed by atoms with Gasteiger partial charge in [-0.2, -0.15) is 13.2 Å². The van der Waals surface area contributed by atoms with Crippen LogP contribution in [0.15, 0.2) is 42.5 Å². The third kappa shape index (κ3) is 6.35. The molecule has 2 aromatic rings. The second kappa shape index (κ2) is 10.1. The Morgan fingerprint density at radius 2 is 1.73 bits per heavy atom. The van der Waals surface area contributed by atoms with E-state index in [0.717, 1.165) is 17.7 Å². The van der Waals surface area contributed by atoms with E-state index >= 15 is 0 Å². The maximum atomic E-state index is 12.9. The number of nitrogens with zero attached hydrogens (tertiary/aromatic N) is 2. The number of amides is 2. The Kier molecular flexibility index (Phi) is 7.42. The second-order valence-electron chi connectivity index (χ2n) is 7.56. The molecule has 1 heterocycles. The normalized spacial score (nSPS) is 14.6. The Bertz CT molecular complexity index is 1040. The molecule has 0 saturated carbocycles. The van der Waals surface area contributed by atoms with Crippen molar-refractivity contribution in [2.45, 2.75) is 25.4 Å². The molecular formula is C21H20ClF3N4O4. The molecule has 0 radical (unpaired) electrons. The van der Waals surface area contributed by atoms with E-state index in [9.17, 15) is 32.9 Å². The Balaban J connectivity index is 1.54. The summed E-state index contributed by atoms with van der Waals surface area (Å²) in [6.07, 6.45) is -4.01. The van der Waals surface area contributed by atoms with Crippen molar-refractivity contribution in [3.63, 3.8) is 0 Å². The van der Waals surface area contributed by atoms with Gasteiger partial charge in [0.05, 0.1) is 16.9 Å². The zero-order chi connectivity index (χ0) is 24.2. The standard InChI is InChI=1S/C21H20ClF3N4O4/c22-16-4-1-13(2-5-16)11-19(30)26-27-20(31)14-7-9-28(10-8-14)17-6-3-15(21(23,24)25)12-18(17)29(32)33/h1-6,12,14H,7-11H2,(H,26,30)(H,27,31). The van der Waals surface area contributed by atoms with Gasteiger partial charge >= 0.3 is 6.18 Å². The van der Waals surface area contributed by atoms with E-state index in [1.165, 1.54) is 0 Å². The molecule has 1 fully saturated rings. The van der Waals surface area contributed by atoms with Gasteiger partial charge in [0.25, 0.3) is 5.69 Å². The van der Waals surface area contributed by atoms with Crippen molar-refractivity contribution in [1.82, 2.24) is 10.9 Å². The van der Waals surface area contributed by atoms with Crippen LogP contribution in [0.4, 0.5) is 24.5 Å². The molecule has 0 unspecified atom stereocenters. The highest BCUT2D eigenvalue weighted by molar-refractivity contribution is 6.30. The topological polar surface area (TPSA) is 105 Å². The van der Waals surface area contributed by atoms with Gasteiger partial charge in [-0.3, -0.25) is 30.6 Å². The molecule has 0 aromatic heterocycles. The van der Waals surface area contributed by atoms with Crippen LogP contribution in [-0.4, -0.2) is 29.8 Å². The predicted octanol–water partition coefficient (Wildman–Crippen LogP) is 3.87. The van der Waals surface area contributed by atoms with Gasteiger partial charge in [0.15, 0.2) is 0 Å². The fraction of sp³-hybridized carbons (Fsp3) is 0.333. The monoisotopic (exact) mass is 484 g/mol. The largest absolute Gasteiger partial charge is 0.416 e. The molecule has 3 rings (SSSR count). The molecule has 0 bridgehead atoms. The lowest BCUT2D eigenvalue weighted by Gasteiger charge is -2.32. The van der Waals surface area contributed by atoms with Gasteiger partial charge in [-0.1, -0.05) is 23.7 Å². The van der Waals surface area contributed by atoms with Crippen molar-refractivity contribution < 1.29 is 27.7 Å². The number of carbonyl (C=O) groups is 2. The average Bonchev–Trinajstić information content (AvgIpc) is 2.78. The summed E-state index contributed by atoms with van der Waals surface area (Å²) < 4.78 is 38.7. The van der Waals surface area contributed by atoms with E-state index in [-0.39, 0.29) is 25.2 Å². The molecule has 1 aliphatic rings. The van der Waals surface area contributed by atoms with Gasteiger partial charge < -0.3 is 4.90 Å². The van der Waals surface area contributed by atoms with Crippen LogP contribution in [0.25, 0.3) is 0 Å². The predicted molar refractivity (Wildman–Crippen MR) is 114 cm³/mol. The Hall–Kier alpha value is -3.34. The highest BCUT2D eigenvalue weighted by Crippen LogP contribution is 2.37. The van der Waals surface area contributed by atoms with Crippen LogP contribution in [0.3, 0.4) is 0 Å². The van der Waals surface area contributed by atoms with Crippen LogP contribution in [-0.2, 0) is 22.2 Å². The van der Waals surface area contributed by atoms with Crippen molar-refractivity contribution >= 4 is 34.8 Å². The summed E-state index contributed by atoms with van der Waals surface area (Å²) in [4.78, 5) is 36.4. The lowest BCUT2D eigenvalue weighted by Crippen LogP contribution is -2.47. The third-order valence-electron chi connectivity index (χ3n) is 5.31. The number of halogens is 4. The molecule has 2 amide bonds. The highest BCUT2D eigenvalue weighted by Gasteiger charge is 2.35. The van der Waals surface area contributed by atoms with Gasteiger partial charge in [-0.05, 0) is 42.7 Å². The van der Waals surface area contributed by atoms with E-state index in [0.29, 0.717) is 23.9 Å². The fourth-order valence-corrected chi connectivity index (χ4v) is 3.69. The first-order valence-corrected chi connectivity index (χ1v) is 10.4. The van der Waals surface area contributed by atoms with E-state index in [1.54, 1.807) is 29.2 Å². The number of nitro groups is 1. The van der Waals surface area contributed by atoms with Crippen molar-refractivity contribution in [2.75, 3.05) is 18.0 Å². The van der Waals surface area contributed by atoms with Crippen molar-refractivity contribution in [3.05, 3.63) is 68.7 Å². The Labute approximate surface area is 191 Å². The molecule has 8 nitrogen and oxygen atoms in total. The zero-order valence-corrected chi connectivity index (χ0v) is 17.9. The maximum Gasteiger partial charge on any atom is 0.416 e. The lowest BCUT2D eigenvalue weighted by atomic mass is 9.95. The minimum atomic E-state index is -4.69. The quantitative estimate of drug-likeness (QED) is 0.495. The van der Waals surface area contributed by atoms with Crippen LogP contribution in [0.1, 0.15) is 24.0 Å². The molecule has 2 aromatic carbocycles. The van der Waals surface area contributed by atoms with Crippen LogP contribution < -0.4 is 15.8 Å². The summed E-state index contributed by atoms with van der Waals surface area (Å²) in [6, 6.07) is 9.09. The summed E-state index contributed by atoms with van der Waals surface area (Å²) in [5.41, 5.74) is 3.78. The maximum absolute atomic E-state index is 12.9. The number of anilines is 1. The van der Waals surface area contributed by atoms with Crippen LogP contribution >= 0.6 is 11.6 Å². The molecule has 12 heteroatoms. The molecule has 0 atom stereocenters. The summed E-state index contributed by atoms with van der Waals surface area (Å²) in [5.74, 6) is -1.27. The van der Waals surface area contributed by atoms with Gasteiger partial charge in [0.1, 0.15) is 5.69 Å². The first-order chi connectivity index (χ1) is 15.5. The Morgan fingerprint density at radius 3 is 2.30 bits per heavy atom. The van der Waals surface area contributed by atoms with Crippen LogP contribution in [0, 0.1) is 16.0 Å². The van der Waals surface area contributed by atoms with E-state index in [4.69, 9.17) is 11.6 Å². The van der Waals surface area contributed by atoms with E-state index < -0.39 is 40.1 Å². The molecule has 176 valence electrons. The average molecular weight is 485 g/mol. The second-order valence-corrected chi connectivity index (χ2v) is 8.00. The number of piperidine rings is 1. The summed E-state index contributed by atoms with van der Waals surface area (Å²) >= 11 is 5.80. The third-order valence-corrected chi connectivity index (χ3v) is 5.56. The van der Waals surface area contributed by atoms with Crippen molar-refractivity contribution in [1.29, 1.82) is 0 Å². The Morgan fingerprint density at radius 1 is 1.09 bits per heavy atom. The lowest BCUT2D eigenvalue weighted by molar-refractivity contribution is -0.384. The fourth-order valence-electron chi connectivity index (χ4n) is 3.56. The van der Waals surface area contributed by atoms with Crippen molar-refractivity contribution in [2.24, 2.45) is 5.92 Å². The number of hydrazine groups is 1. The SMILES string of the molecule is O=C(Cc1ccc(Cl)cc1)NNC(=O)C1CCN(c2ccc(C(F)(F)F)cc2[N+](=O)[O-])CC1. The van der Waals surface area contributed by atoms with Gasteiger partial charge in [0.2, 0.25) is 11.8 Å². The summed E-state index contributed by atoms with van der Waals surface area (Å²) in [5, 5.41) is 11.9. The molecular weight excluding hydrogens is 465 g/mol. The molecule has 1 saturated heterocycles. The summed E-state index contributed by atoms with van der Waals surface area (Å²) in [6.45, 7) is 0.478. The number of nitrogens with one attached hydrogen (secondary N) is 2. The zero-order valence-electron chi connectivity index (χ0n) is 17.2. The number of alkyl halides is 3. The molecule has 0 spiro atoms. The van der Waals surface area contributed by atoms with Gasteiger partial charge in [-0.15, -0.1) is 0 Å². The van der Waals surface area contributed by atoms with Gasteiger partial charge in [0, 0.05) is 30.1 Å². The smallest absolute Gasteiger partial charge is 0.366 e. The number of nitro benzene ring substituents is 1. The number of benzene rings is 2. The number of hydrogen-bond donors (Lipinski definition) is 2. The van der Waals surface area contributed by atoms with E-state index in [1.807, 2.05) is 0 Å². The number of hydrogen-bond acceptors (Lipinski definition) is 5. The first kappa shape index (κ1) is 24.3. The van der Waals surface area contributed by atoms with Crippen LogP contribution in [0.2, 0.25) is 5.02 Å². The minimum absolute atomic E-state index is 0.0491. The van der Waals surface area contributed by atoms with Gasteiger partial charge in [-0.25, -0.2) is 0 Å². The van der Waals surface area contributed by atoms with Crippen molar-refractivity contribution in [3.8, 4) is 0 Å².